The quantitative estimate of drug-likeness (QED) is 0.409. The Hall–Kier alpha value is -4.27. The van der Waals surface area contributed by atoms with Gasteiger partial charge in [0.05, 0.1) is 12.0 Å². The van der Waals surface area contributed by atoms with Crippen LogP contribution in [0.3, 0.4) is 0 Å². The summed E-state index contributed by atoms with van der Waals surface area (Å²) in [5.74, 6) is 0.333. The third-order valence-corrected chi connectivity index (χ3v) is 6.09. The van der Waals surface area contributed by atoms with Crippen LogP contribution in [0.25, 0.3) is 0 Å². The Kier molecular flexibility index (Phi) is 6.85. The Bertz CT molecular complexity index is 1300. The van der Waals surface area contributed by atoms with E-state index < -0.39 is 36.1 Å². The van der Waals surface area contributed by atoms with Crippen molar-refractivity contribution in [3.05, 3.63) is 119 Å². The van der Waals surface area contributed by atoms with Crippen molar-refractivity contribution in [1.29, 1.82) is 0 Å². The summed E-state index contributed by atoms with van der Waals surface area (Å²) in [5.41, 5.74) is 1.12. The van der Waals surface area contributed by atoms with Gasteiger partial charge in [-0.15, -0.1) is 0 Å². The smallest absolute Gasteiger partial charge is 0.416 e. The van der Waals surface area contributed by atoms with Gasteiger partial charge in [-0.05, 0) is 34.9 Å². The van der Waals surface area contributed by atoms with Gasteiger partial charge in [-0.3, -0.25) is 4.90 Å². The van der Waals surface area contributed by atoms with Gasteiger partial charge in [-0.2, -0.15) is 13.2 Å². The van der Waals surface area contributed by atoms with E-state index in [1.54, 1.807) is 18.2 Å². The Morgan fingerprint density at radius 2 is 1.65 bits per heavy atom. The van der Waals surface area contributed by atoms with Crippen LogP contribution in [-0.2, 0) is 33.5 Å². The van der Waals surface area contributed by atoms with E-state index in [0.717, 1.165) is 23.3 Å². The molecule has 2 aliphatic heterocycles. The SMILES string of the molecule is O=C(OCc1ccccc1)N1C=C[C@H]2OC(Cc3ccccc3)=NO[C@H]2[C@@H]1c1cccc(C(F)(F)F)c1. The van der Waals surface area contributed by atoms with Crippen molar-refractivity contribution >= 4 is 12.0 Å². The monoisotopic (exact) mass is 508 g/mol. The van der Waals surface area contributed by atoms with Gasteiger partial charge in [0, 0.05) is 6.20 Å². The molecule has 1 amide bonds. The van der Waals surface area contributed by atoms with Gasteiger partial charge >= 0.3 is 12.3 Å². The van der Waals surface area contributed by atoms with Crippen molar-refractivity contribution in [3.8, 4) is 0 Å². The first-order valence-corrected chi connectivity index (χ1v) is 11.7. The van der Waals surface area contributed by atoms with Gasteiger partial charge in [-0.25, -0.2) is 4.79 Å². The molecule has 6 nitrogen and oxygen atoms in total. The molecule has 0 spiro atoms. The highest BCUT2D eigenvalue weighted by Gasteiger charge is 2.45. The molecule has 0 saturated carbocycles. The summed E-state index contributed by atoms with van der Waals surface area (Å²) in [7, 11) is 0. The van der Waals surface area contributed by atoms with E-state index in [9.17, 15) is 18.0 Å². The molecule has 5 rings (SSSR count). The molecule has 2 aliphatic rings. The van der Waals surface area contributed by atoms with Crippen LogP contribution in [0.1, 0.15) is 28.3 Å². The van der Waals surface area contributed by atoms with Gasteiger partial charge < -0.3 is 14.3 Å². The fraction of sp³-hybridized carbons (Fsp3) is 0.214. The van der Waals surface area contributed by atoms with Crippen LogP contribution in [0, 0.1) is 0 Å². The first kappa shape index (κ1) is 24.4. The number of ether oxygens (including phenoxy) is 2. The molecular formula is C28H23F3N2O4. The van der Waals surface area contributed by atoms with Gasteiger partial charge in [0.2, 0.25) is 5.90 Å². The minimum atomic E-state index is -4.55. The zero-order valence-electron chi connectivity index (χ0n) is 19.5. The lowest BCUT2D eigenvalue weighted by atomic mass is 9.92. The van der Waals surface area contributed by atoms with Gasteiger partial charge in [-0.1, -0.05) is 78.0 Å². The lowest BCUT2D eigenvalue weighted by Crippen LogP contribution is -2.50. The second-order valence-electron chi connectivity index (χ2n) is 8.66. The Morgan fingerprint density at radius 1 is 0.946 bits per heavy atom. The molecule has 0 saturated heterocycles. The molecule has 3 aromatic rings. The van der Waals surface area contributed by atoms with Crippen LogP contribution in [-0.4, -0.2) is 29.1 Å². The molecular weight excluding hydrogens is 485 g/mol. The first-order chi connectivity index (χ1) is 17.9. The normalized spacial score (nSPS) is 20.8. The van der Waals surface area contributed by atoms with Crippen molar-refractivity contribution in [2.24, 2.45) is 5.16 Å². The summed E-state index contributed by atoms with van der Waals surface area (Å²) in [6.45, 7) is 0.00412. The highest BCUT2D eigenvalue weighted by molar-refractivity contribution is 5.79. The lowest BCUT2D eigenvalue weighted by molar-refractivity contribution is -0.137. The van der Waals surface area contributed by atoms with E-state index >= 15 is 0 Å². The fourth-order valence-electron chi connectivity index (χ4n) is 4.30. The van der Waals surface area contributed by atoms with Gasteiger partial charge in [0.1, 0.15) is 12.6 Å². The van der Waals surface area contributed by atoms with Crippen LogP contribution in [0.15, 0.2) is 102 Å². The van der Waals surface area contributed by atoms with Crippen LogP contribution in [0.2, 0.25) is 0 Å². The third kappa shape index (κ3) is 5.61. The molecule has 190 valence electrons. The predicted molar refractivity (Wildman–Crippen MR) is 129 cm³/mol. The number of rotatable bonds is 5. The van der Waals surface area contributed by atoms with E-state index in [1.165, 1.54) is 23.2 Å². The number of carbonyl (C=O) groups excluding carboxylic acids is 1. The molecule has 37 heavy (non-hydrogen) atoms. The number of carbonyl (C=O) groups is 1. The fourth-order valence-corrected chi connectivity index (χ4v) is 4.30. The van der Waals surface area contributed by atoms with E-state index in [-0.39, 0.29) is 12.2 Å². The molecule has 3 atom stereocenters. The van der Waals surface area contributed by atoms with Crippen LogP contribution in [0.5, 0.6) is 0 Å². The molecule has 0 fully saturated rings. The molecule has 0 radical (unpaired) electrons. The first-order valence-electron chi connectivity index (χ1n) is 11.7. The van der Waals surface area contributed by atoms with E-state index in [1.807, 2.05) is 48.5 Å². The van der Waals surface area contributed by atoms with E-state index in [0.29, 0.717) is 12.3 Å². The van der Waals surface area contributed by atoms with Crippen molar-refractivity contribution < 1.29 is 32.3 Å². The molecule has 0 aliphatic carbocycles. The van der Waals surface area contributed by atoms with Crippen molar-refractivity contribution in [2.45, 2.75) is 37.5 Å². The highest BCUT2D eigenvalue weighted by atomic mass is 19.4. The topological polar surface area (TPSA) is 60.4 Å². The molecule has 0 N–H and O–H groups in total. The number of oxime groups is 1. The number of fused-ring (bicyclic) bond motifs is 1. The number of hydrogen-bond acceptors (Lipinski definition) is 5. The summed E-state index contributed by atoms with van der Waals surface area (Å²) in [6, 6.07) is 22.4. The Morgan fingerprint density at radius 3 is 2.35 bits per heavy atom. The minimum Gasteiger partial charge on any atom is -0.467 e. The molecule has 2 heterocycles. The van der Waals surface area contributed by atoms with Crippen molar-refractivity contribution in [3.63, 3.8) is 0 Å². The van der Waals surface area contributed by atoms with Crippen LogP contribution < -0.4 is 0 Å². The van der Waals surface area contributed by atoms with Crippen LogP contribution in [0.4, 0.5) is 18.0 Å². The zero-order chi connectivity index (χ0) is 25.8. The largest absolute Gasteiger partial charge is 0.467 e. The average molecular weight is 508 g/mol. The van der Waals surface area contributed by atoms with E-state index in [4.69, 9.17) is 14.3 Å². The van der Waals surface area contributed by atoms with E-state index in [2.05, 4.69) is 5.16 Å². The predicted octanol–water partition coefficient (Wildman–Crippen LogP) is 6.25. The van der Waals surface area contributed by atoms with Gasteiger partial charge in [0.25, 0.3) is 0 Å². The zero-order valence-corrected chi connectivity index (χ0v) is 19.5. The molecule has 0 bridgehead atoms. The number of halogens is 3. The molecule has 9 heteroatoms. The number of amides is 1. The summed E-state index contributed by atoms with van der Waals surface area (Å²) >= 11 is 0. The number of hydrogen-bond donors (Lipinski definition) is 0. The van der Waals surface area contributed by atoms with Crippen molar-refractivity contribution in [2.75, 3.05) is 0 Å². The summed E-state index contributed by atoms with van der Waals surface area (Å²) in [6.07, 6.45) is -3.37. The second kappa shape index (κ2) is 10.4. The number of benzene rings is 3. The average Bonchev–Trinajstić information content (AvgIpc) is 2.92. The number of alkyl halides is 3. The molecule has 0 aromatic heterocycles. The summed E-state index contributed by atoms with van der Waals surface area (Å²) < 4.78 is 52.0. The lowest BCUT2D eigenvalue weighted by Gasteiger charge is -2.41. The Labute approximate surface area is 211 Å². The minimum absolute atomic E-state index is 0.00412. The maximum Gasteiger partial charge on any atom is 0.416 e. The van der Waals surface area contributed by atoms with Gasteiger partial charge in [0.15, 0.2) is 12.2 Å². The summed E-state index contributed by atoms with van der Waals surface area (Å²) in [4.78, 5) is 20.1. The standard InChI is InChI=1S/C28H23F3N2O4/c29-28(30,31)22-13-7-12-21(17-22)25-26-23(36-24(32-37-26)16-19-8-3-1-4-9-19)14-15-33(25)27(34)35-18-20-10-5-2-6-11-20/h1-15,17,23,25-26H,16,18H2/t23-,25+,26-/m1/s1. The highest BCUT2D eigenvalue weighted by Crippen LogP contribution is 2.38. The van der Waals surface area contributed by atoms with Crippen molar-refractivity contribution in [1.82, 2.24) is 4.90 Å². The van der Waals surface area contributed by atoms with Crippen LogP contribution >= 0.6 is 0 Å². The molecule has 3 aromatic carbocycles. The number of nitrogens with zero attached hydrogens (tertiary/aromatic N) is 2. The summed E-state index contributed by atoms with van der Waals surface area (Å²) in [5, 5.41) is 4.10. The third-order valence-electron chi connectivity index (χ3n) is 6.09. The Balaban J connectivity index is 1.42. The maximum atomic E-state index is 13.5. The second-order valence-corrected chi connectivity index (χ2v) is 8.66. The maximum absolute atomic E-state index is 13.5. The molecule has 0 unspecified atom stereocenters.